The van der Waals surface area contributed by atoms with Gasteiger partial charge in [-0.15, -0.1) is 0 Å². The maximum absolute atomic E-state index is 13.0. The monoisotopic (exact) mass is 375 g/mol. The zero-order valence-corrected chi connectivity index (χ0v) is 15.1. The van der Waals surface area contributed by atoms with Crippen molar-refractivity contribution in [2.75, 3.05) is 13.1 Å². The van der Waals surface area contributed by atoms with Crippen LogP contribution >= 0.6 is 0 Å². The topological polar surface area (TPSA) is 90.3 Å². The van der Waals surface area contributed by atoms with E-state index in [0.717, 1.165) is 5.56 Å². The number of carboxylic acid groups (broad SMARTS) is 1. The normalized spacial score (nSPS) is 23.2. The minimum Gasteiger partial charge on any atom is -0.481 e. The molecule has 1 aromatic rings. The average Bonchev–Trinajstić information content (AvgIpc) is 2.64. The lowest BCUT2D eigenvalue weighted by Gasteiger charge is -2.35. The zero-order valence-electron chi connectivity index (χ0n) is 15.1. The summed E-state index contributed by atoms with van der Waals surface area (Å²) in [5, 5.41) is 14.7. The van der Waals surface area contributed by atoms with Crippen LogP contribution in [0.25, 0.3) is 0 Å². The molecule has 1 saturated heterocycles. The first-order valence-electron chi connectivity index (χ1n) is 8.99. The molecule has 1 N–H and O–H groups in total. The summed E-state index contributed by atoms with van der Waals surface area (Å²) >= 11 is 0. The van der Waals surface area contributed by atoms with Gasteiger partial charge < -0.3 is 10.0 Å². The lowest BCUT2D eigenvalue weighted by molar-refractivity contribution is -0.147. The fourth-order valence-electron chi connectivity index (χ4n) is 3.52. The highest BCUT2D eigenvalue weighted by Crippen LogP contribution is 2.24. The zero-order chi connectivity index (χ0) is 19.6. The second-order valence-electron chi connectivity index (χ2n) is 7.09. The number of rotatable bonds is 4. The van der Waals surface area contributed by atoms with E-state index in [2.05, 4.69) is 5.10 Å². The molecule has 3 rings (SSSR count). The molecular formula is C19H22FN3O4. The van der Waals surface area contributed by atoms with E-state index in [1.165, 1.54) is 17.1 Å². The minimum atomic E-state index is -0.833. The van der Waals surface area contributed by atoms with Crippen molar-refractivity contribution < 1.29 is 23.9 Å². The van der Waals surface area contributed by atoms with Crippen LogP contribution in [-0.2, 0) is 20.9 Å². The Morgan fingerprint density at radius 3 is 2.59 bits per heavy atom. The van der Waals surface area contributed by atoms with Gasteiger partial charge in [0.15, 0.2) is 0 Å². The number of piperidine rings is 1. The number of carboxylic acids is 1. The van der Waals surface area contributed by atoms with Crippen molar-refractivity contribution in [3.05, 3.63) is 35.6 Å². The third-order valence-corrected chi connectivity index (χ3v) is 5.11. The highest BCUT2D eigenvalue weighted by Gasteiger charge is 2.35. The molecule has 2 atom stereocenters. The van der Waals surface area contributed by atoms with Gasteiger partial charge >= 0.3 is 5.97 Å². The number of amides is 2. The van der Waals surface area contributed by atoms with E-state index in [4.69, 9.17) is 0 Å². The van der Waals surface area contributed by atoms with Crippen LogP contribution in [0.1, 0.15) is 31.7 Å². The van der Waals surface area contributed by atoms with Gasteiger partial charge in [0.25, 0.3) is 5.91 Å². The summed E-state index contributed by atoms with van der Waals surface area (Å²) in [6, 6.07) is 5.78. The first-order chi connectivity index (χ1) is 12.8. The fraction of sp³-hybridized carbons (Fsp3) is 0.474. The molecule has 0 bridgehead atoms. The van der Waals surface area contributed by atoms with Crippen molar-refractivity contribution in [1.82, 2.24) is 9.91 Å². The van der Waals surface area contributed by atoms with Gasteiger partial charge in [-0.05, 0) is 30.0 Å². The van der Waals surface area contributed by atoms with Crippen molar-refractivity contribution >= 4 is 23.5 Å². The van der Waals surface area contributed by atoms with E-state index < -0.39 is 11.9 Å². The van der Waals surface area contributed by atoms with Gasteiger partial charge in [-0.1, -0.05) is 19.1 Å². The Balaban J connectivity index is 1.70. The highest BCUT2D eigenvalue weighted by atomic mass is 19.1. The lowest BCUT2D eigenvalue weighted by atomic mass is 9.87. The number of hydrazone groups is 1. The summed E-state index contributed by atoms with van der Waals surface area (Å²) in [5.41, 5.74) is 1.02. The third kappa shape index (κ3) is 4.32. The smallest absolute Gasteiger partial charge is 0.306 e. The summed E-state index contributed by atoms with van der Waals surface area (Å²) in [6.45, 7) is 2.73. The van der Waals surface area contributed by atoms with E-state index in [1.807, 2.05) is 6.92 Å². The highest BCUT2D eigenvalue weighted by molar-refractivity contribution is 6.39. The Bertz CT molecular complexity index is 778. The van der Waals surface area contributed by atoms with Crippen LogP contribution < -0.4 is 0 Å². The van der Waals surface area contributed by atoms with E-state index in [1.54, 1.807) is 17.0 Å². The van der Waals surface area contributed by atoms with Crippen molar-refractivity contribution in [2.45, 2.75) is 32.7 Å². The molecule has 144 valence electrons. The first-order valence-corrected chi connectivity index (χ1v) is 8.99. The molecule has 2 unspecified atom stereocenters. The summed E-state index contributed by atoms with van der Waals surface area (Å²) in [6.07, 6.45) is 0.867. The summed E-state index contributed by atoms with van der Waals surface area (Å²) in [7, 11) is 0. The minimum absolute atomic E-state index is 0.138. The molecule has 8 heteroatoms. The number of benzene rings is 1. The van der Waals surface area contributed by atoms with E-state index in [9.17, 15) is 23.9 Å². The molecule has 0 spiro atoms. The second-order valence-corrected chi connectivity index (χ2v) is 7.09. The third-order valence-electron chi connectivity index (χ3n) is 5.11. The summed E-state index contributed by atoms with van der Waals surface area (Å²) in [4.78, 5) is 37.8. The number of carbonyl (C=O) groups is 3. The van der Waals surface area contributed by atoms with Crippen LogP contribution in [0.15, 0.2) is 29.4 Å². The number of hydrogen-bond donors (Lipinski definition) is 1. The predicted octanol–water partition coefficient (Wildman–Crippen LogP) is 1.87. The van der Waals surface area contributed by atoms with Crippen molar-refractivity contribution in [1.29, 1.82) is 0 Å². The molecular weight excluding hydrogens is 353 g/mol. The maximum Gasteiger partial charge on any atom is 0.306 e. The number of carbonyl (C=O) groups excluding carboxylic acids is 2. The SMILES string of the molecule is CC1CN(C(=O)C2=NN(Cc3ccc(F)cc3)C(=O)CC2)CCC1C(=O)O. The molecule has 0 radical (unpaired) electrons. The maximum atomic E-state index is 13.0. The molecule has 1 fully saturated rings. The van der Waals surface area contributed by atoms with Crippen LogP contribution in [0.5, 0.6) is 0 Å². The quantitative estimate of drug-likeness (QED) is 0.870. The van der Waals surface area contributed by atoms with E-state index in [-0.39, 0.29) is 42.9 Å². The van der Waals surface area contributed by atoms with Gasteiger partial charge in [0, 0.05) is 25.9 Å². The molecule has 0 aliphatic carbocycles. The molecule has 2 aliphatic heterocycles. The summed E-state index contributed by atoms with van der Waals surface area (Å²) in [5.74, 6) is -2.21. The number of nitrogens with zero attached hydrogens (tertiary/aromatic N) is 3. The van der Waals surface area contributed by atoms with Crippen LogP contribution in [0.3, 0.4) is 0 Å². The van der Waals surface area contributed by atoms with E-state index in [0.29, 0.717) is 25.2 Å². The Morgan fingerprint density at radius 1 is 1.26 bits per heavy atom. The Hall–Kier alpha value is -2.77. The van der Waals surface area contributed by atoms with Crippen LogP contribution in [0, 0.1) is 17.7 Å². The van der Waals surface area contributed by atoms with Crippen molar-refractivity contribution in [3.8, 4) is 0 Å². The largest absolute Gasteiger partial charge is 0.481 e. The van der Waals surface area contributed by atoms with Crippen LogP contribution in [0.2, 0.25) is 0 Å². The van der Waals surface area contributed by atoms with Gasteiger partial charge in [0.05, 0.1) is 12.5 Å². The van der Waals surface area contributed by atoms with Crippen LogP contribution in [-0.4, -0.2) is 51.6 Å². The number of hydrogen-bond acceptors (Lipinski definition) is 4. The Labute approximate surface area is 156 Å². The van der Waals surface area contributed by atoms with E-state index >= 15 is 0 Å². The number of likely N-dealkylation sites (tertiary alicyclic amines) is 1. The molecule has 1 aromatic carbocycles. The molecule has 7 nitrogen and oxygen atoms in total. The average molecular weight is 375 g/mol. The van der Waals surface area contributed by atoms with Gasteiger partial charge in [0.2, 0.25) is 5.91 Å². The molecule has 2 amide bonds. The van der Waals surface area contributed by atoms with Crippen molar-refractivity contribution in [2.24, 2.45) is 16.9 Å². The summed E-state index contributed by atoms with van der Waals surface area (Å²) < 4.78 is 13.0. The van der Waals surface area contributed by atoms with Gasteiger partial charge in [0.1, 0.15) is 11.5 Å². The fourth-order valence-corrected chi connectivity index (χ4v) is 3.52. The molecule has 27 heavy (non-hydrogen) atoms. The number of aliphatic carboxylic acids is 1. The van der Waals surface area contributed by atoms with Crippen LogP contribution in [0.4, 0.5) is 4.39 Å². The van der Waals surface area contributed by atoms with Gasteiger partial charge in [-0.2, -0.15) is 5.10 Å². The lowest BCUT2D eigenvalue weighted by Crippen LogP contribution is -2.48. The standard InChI is InChI=1S/C19H22FN3O4/c1-12-10-22(9-8-15(12)19(26)27)18(25)16-6-7-17(24)23(21-16)11-13-2-4-14(20)5-3-13/h2-5,12,15H,6-11H2,1H3,(H,26,27). The first kappa shape index (κ1) is 19.0. The Morgan fingerprint density at radius 2 is 1.96 bits per heavy atom. The molecule has 2 aliphatic rings. The molecule has 0 aromatic heterocycles. The van der Waals surface area contributed by atoms with Gasteiger partial charge in [-0.3, -0.25) is 14.4 Å². The number of halogens is 1. The molecule has 0 saturated carbocycles. The van der Waals surface area contributed by atoms with Gasteiger partial charge in [-0.25, -0.2) is 9.40 Å². The van der Waals surface area contributed by atoms with Crippen molar-refractivity contribution in [3.63, 3.8) is 0 Å². The second kappa shape index (κ2) is 7.85. The Kier molecular flexibility index (Phi) is 5.53. The predicted molar refractivity (Wildman–Crippen MR) is 95.1 cm³/mol. The molecule has 2 heterocycles.